The Kier molecular flexibility index (Phi) is 2.85. The second kappa shape index (κ2) is 4.66. The molecule has 0 saturated carbocycles. The third kappa shape index (κ3) is 2.25. The molecule has 1 aromatic carbocycles. The average Bonchev–Trinajstić information content (AvgIpc) is 2.98. The van der Waals surface area contributed by atoms with E-state index in [1.54, 1.807) is 12.3 Å². The Morgan fingerprint density at radius 1 is 1.16 bits per heavy atom. The van der Waals surface area contributed by atoms with Crippen LogP contribution in [0.3, 0.4) is 0 Å². The first-order chi connectivity index (χ1) is 9.24. The van der Waals surface area contributed by atoms with E-state index in [1.807, 2.05) is 30.3 Å². The van der Waals surface area contributed by atoms with Gasteiger partial charge in [-0.1, -0.05) is 30.3 Å². The maximum Gasteiger partial charge on any atom is 0.215 e. The van der Waals surface area contributed by atoms with Gasteiger partial charge in [-0.05, 0) is 18.3 Å². The summed E-state index contributed by atoms with van der Waals surface area (Å²) < 4.78 is 0.373. The van der Waals surface area contributed by atoms with E-state index < -0.39 is 0 Å². The molecule has 0 radical (unpaired) electrons. The molecule has 0 spiro atoms. The molecule has 1 aliphatic heterocycles. The van der Waals surface area contributed by atoms with Gasteiger partial charge in [0, 0.05) is 11.1 Å². The highest BCUT2D eigenvalue weighted by atomic mass is 32.1. The molecule has 1 aliphatic rings. The highest BCUT2D eigenvalue weighted by molar-refractivity contribution is 7.71. The SMILES string of the molecule is Oc1[nH]c(=S)[nH]c1C=C1C=NN=C1c1ccccc1. The second-order valence-corrected chi connectivity index (χ2v) is 4.41. The van der Waals surface area contributed by atoms with E-state index in [2.05, 4.69) is 20.2 Å². The number of rotatable bonds is 2. The lowest BCUT2D eigenvalue weighted by Gasteiger charge is -2.01. The van der Waals surface area contributed by atoms with E-state index in [-0.39, 0.29) is 5.88 Å². The highest BCUT2D eigenvalue weighted by Gasteiger charge is 2.14. The van der Waals surface area contributed by atoms with Crippen LogP contribution in [0.5, 0.6) is 5.88 Å². The van der Waals surface area contributed by atoms with Crippen molar-refractivity contribution >= 4 is 30.2 Å². The molecule has 94 valence electrons. The summed E-state index contributed by atoms with van der Waals surface area (Å²) in [5, 5.41) is 17.7. The molecule has 6 heteroatoms. The van der Waals surface area contributed by atoms with Crippen LogP contribution in [0, 0.1) is 4.77 Å². The Hall–Kier alpha value is -2.47. The molecule has 19 heavy (non-hydrogen) atoms. The van der Waals surface area contributed by atoms with Crippen LogP contribution in [0.25, 0.3) is 6.08 Å². The Morgan fingerprint density at radius 3 is 2.63 bits per heavy atom. The predicted octanol–water partition coefficient (Wildman–Crippen LogP) is 2.65. The minimum Gasteiger partial charge on any atom is -0.493 e. The van der Waals surface area contributed by atoms with Crippen LogP contribution in [0.1, 0.15) is 11.3 Å². The number of aromatic nitrogens is 2. The van der Waals surface area contributed by atoms with Crippen molar-refractivity contribution in [2.24, 2.45) is 10.2 Å². The van der Waals surface area contributed by atoms with Gasteiger partial charge in [0.15, 0.2) is 4.77 Å². The van der Waals surface area contributed by atoms with Crippen LogP contribution in [0.15, 0.2) is 46.1 Å². The van der Waals surface area contributed by atoms with E-state index in [1.165, 1.54) is 0 Å². The Morgan fingerprint density at radius 2 is 1.95 bits per heavy atom. The average molecular weight is 270 g/mol. The largest absolute Gasteiger partial charge is 0.493 e. The van der Waals surface area contributed by atoms with Gasteiger partial charge in [0.05, 0.1) is 6.21 Å². The third-order valence-electron chi connectivity index (χ3n) is 2.71. The quantitative estimate of drug-likeness (QED) is 0.734. The van der Waals surface area contributed by atoms with E-state index in [4.69, 9.17) is 12.2 Å². The predicted molar refractivity (Wildman–Crippen MR) is 77.1 cm³/mol. The van der Waals surface area contributed by atoms with Crippen molar-refractivity contribution in [1.82, 2.24) is 9.97 Å². The molecule has 2 heterocycles. The highest BCUT2D eigenvalue weighted by Crippen LogP contribution is 2.19. The molecule has 3 N–H and O–H groups in total. The summed E-state index contributed by atoms with van der Waals surface area (Å²) in [4.78, 5) is 5.48. The number of H-pyrrole nitrogens is 2. The van der Waals surface area contributed by atoms with Crippen molar-refractivity contribution in [3.63, 3.8) is 0 Å². The summed E-state index contributed by atoms with van der Waals surface area (Å²) in [7, 11) is 0. The summed E-state index contributed by atoms with van der Waals surface area (Å²) >= 11 is 4.92. The number of hydrogen-bond acceptors (Lipinski definition) is 4. The van der Waals surface area contributed by atoms with Crippen molar-refractivity contribution < 1.29 is 5.11 Å². The van der Waals surface area contributed by atoms with Crippen molar-refractivity contribution in [3.05, 3.63) is 51.9 Å². The second-order valence-electron chi connectivity index (χ2n) is 4.00. The summed E-state index contributed by atoms with van der Waals surface area (Å²) in [6.45, 7) is 0. The first-order valence-electron chi connectivity index (χ1n) is 5.64. The zero-order chi connectivity index (χ0) is 13.2. The molecule has 0 atom stereocenters. The minimum absolute atomic E-state index is 0.00483. The number of hydrogen-bond donors (Lipinski definition) is 3. The molecule has 0 aliphatic carbocycles. The summed E-state index contributed by atoms with van der Waals surface area (Å²) in [6.07, 6.45) is 3.40. The maximum absolute atomic E-state index is 9.67. The zero-order valence-electron chi connectivity index (χ0n) is 9.79. The molecule has 0 unspecified atom stereocenters. The zero-order valence-corrected chi connectivity index (χ0v) is 10.6. The van der Waals surface area contributed by atoms with E-state index in [0.717, 1.165) is 16.8 Å². The fourth-order valence-corrected chi connectivity index (χ4v) is 2.05. The van der Waals surface area contributed by atoms with Crippen molar-refractivity contribution in [2.75, 3.05) is 0 Å². The molecule has 5 nitrogen and oxygen atoms in total. The van der Waals surface area contributed by atoms with Crippen LogP contribution < -0.4 is 0 Å². The number of nitrogens with zero attached hydrogens (tertiary/aromatic N) is 2. The molecular weight excluding hydrogens is 260 g/mol. The van der Waals surface area contributed by atoms with Gasteiger partial charge in [-0.15, -0.1) is 5.10 Å². The van der Waals surface area contributed by atoms with Gasteiger partial charge >= 0.3 is 0 Å². The standard InChI is InChI=1S/C13H10N4OS/c18-12-10(15-13(19)16-12)6-9-7-14-17-11(9)8-4-2-1-3-5-8/h1-7,18H,(H2,15,16,19). The molecular formula is C13H10N4OS. The molecule has 2 aromatic rings. The number of allylic oxidation sites excluding steroid dienone is 1. The third-order valence-corrected chi connectivity index (χ3v) is 2.91. The molecule has 0 fully saturated rings. The topological polar surface area (TPSA) is 76.5 Å². The number of aromatic hydroxyl groups is 1. The van der Waals surface area contributed by atoms with E-state index in [0.29, 0.717) is 10.5 Å². The van der Waals surface area contributed by atoms with Crippen LogP contribution in [0.2, 0.25) is 0 Å². The molecule has 0 saturated heterocycles. The monoisotopic (exact) mass is 270 g/mol. The lowest BCUT2D eigenvalue weighted by Crippen LogP contribution is -2.01. The van der Waals surface area contributed by atoms with Crippen LogP contribution in [-0.4, -0.2) is 27.0 Å². The summed E-state index contributed by atoms with van der Waals surface area (Å²) in [6, 6.07) is 9.74. The number of benzene rings is 1. The summed E-state index contributed by atoms with van der Waals surface area (Å²) in [5.74, 6) is 0.00483. The Labute approximate surface area is 114 Å². The van der Waals surface area contributed by atoms with Crippen molar-refractivity contribution in [1.29, 1.82) is 0 Å². The maximum atomic E-state index is 9.67. The van der Waals surface area contributed by atoms with E-state index in [9.17, 15) is 5.11 Å². The smallest absolute Gasteiger partial charge is 0.215 e. The molecule has 3 rings (SSSR count). The van der Waals surface area contributed by atoms with Gasteiger partial charge in [0.25, 0.3) is 0 Å². The first-order valence-corrected chi connectivity index (χ1v) is 6.04. The molecule has 0 amide bonds. The van der Waals surface area contributed by atoms with E-state index >= 15 is 0 Å². The van der Waals surface area contributed by atoms with Gasteiger partial charge in [0.2, 0.25) is 5.88 Å². The normalized spacial score (nSPS) is 16.0. The number of imidazole rings is 1. The lowest BCUT2D eigenvalue weighted by atomic mass is 10.0. The Bertz CT molecular complexity index is 752. The van der Waals surface area contributed by atoms with Gasteiger partial charge in [-0.3, -0.25) is 0 Å². The fraction of sp³-hybridized carbons (Fsp3) is 0. The van der Waals surface area contributed by atoms with Crippen molar-refractivity contribution in [3.8, 4) is 5.88 Å². The van der Waals surface area contributed by atoms with Gasteiger partial charge in [-0.25, -0.2) is 0 Å². The Balaban J connectivity index is 2.02. The minimum atomic E-state index is 0.00483. The van der Waals surface area contributed by atoms with Crippen LogP contribution >= 0.6 is 12.2 Å². The first kappa shape index (κ1) is 11.6. The van der Waals surface area contributed by atoms with Gasteiger partial charge < -0.3 is 15.1 Å². The number of nitrogens with one attached hydrogen (secondary N) is 2. The van der Waals surface area contributed by atoms with Gasteiger partial charge in [0.1, 0.15) is 11.4 Å². The van der Waals surface area contributed by atoms with Crippen LogP contribution in [0.4, 0.5) is 0 Å². The number of aromatic amines is 2. The van der Waals surface area contributed by atoms with Crippen molar-refractivity contribution in [2.45, 2.75) is 0 Å². The summed E-state index contributed by atoms with van der Waals surface area (Å²) in [5.41, 5.74) is 3.06. The van der Waals surface area contributed by atoms with Gasteiger partial charge in [-0.2, -0.15) is 5.10 Å². The van der Waals surface area contributed by atoms with Crippen LogP contribution in [-0.2, 0) is 0 Å². The molecule has 0 bridgehead atoms. The lowest BCUT2D eigenvalue weighted by molar-refractivity contribution is 0.455. The fourth-order valence-electron chi connectivity index (χ4n) is 1.84. The molecule has 1 aromatic heterocycles.